The summed E-state index contributed by atoms with van der Waals surface area (Å²) >= 11 is 0. The van der Waals surface area contributed by atoms with Crippen molar-refractivity contribution in [3.63, 3.8) is 0 Å². The summed E-state index contributed by atoms with van der Waals surface area (Å²) in [5.74, 6) is -1.74. The second-order valence-electron chi connectivity index (χ2n) is 9.55. The average molecular weight is 515 g/mol. The van der Waals surface area contributed by atoms with Crippen molar-refractivity contribution < 1.29 is 27.0 Å². The molecule has 0 saturated heterocycles. The molecule has 4 rings (SSSR count). The Hall–Kier alpha value is -3.59. The third kappa shape index (κ3) is 4.88. The lowest BCUT2D eigenvalue weighted by molar-refractivity contribution is 0.400. The van der Waals surface area contributed by atoms with Gasteiger partial charge in [-0.25, -0.2) is 17.2 Å². The van der Waals surface area contributed by atoms with Crippen LogP contribution in [-0.4, -0.2) is 19.3 Å². The van der Waals surface area contributed by atoms with Gasteiger partial charge in [0.25, 0.3) is 0 Å². The fourth-order valence-corrected chi connectivity index (χ4v) is 6.92. The van der Waals surface area contributed by atoms with E-state index in [0.717, 1.165) is 6.07 Å². The molecule has 2 aliphatic heterocycles. The van der Waals surface area contributed by atoms with E-state index in [2.05, 4.69) is 17.2 Å². The Balaban J connectivity index is 1.84. The molecule has 0 aliphatic carbocycles. The van der Waals surface area contributed by atoms with E-state index in [9.17, 15) is 17.9 Å². The van der Waals surface area contributed by atoms with Gasteiger partial charge in [0.1, 0.15) is 23.0 Å². The number of para-hydroxylation sites is 1. The second-order valence-corrected chi connectivity index (χ2v) is 11.5. The molecule has 0 amide bonds. The van der Waals surface area contributed by atoms with Crippen LogP contribution in [0.1, 0.15) is 38.8 Å². The number of rotatable bonds is 5. The van der Waals surface area contributed by atoms with Crippen molar-refractivity contribution in [2.45, 2.75) is 33.2 Å². The van der Waals surface area contributed by atoms with Crippen molar-refractivity contribution >= 4 is 21.2 Å². The smallest absolute Gasteiger partial charge is 0.179 e. The number of phenolic OH excluding ortho intramolecular Hbond substituents is 1. The van der Waals surface area contributed by atoms with E-state index in [1.54, 1.807) is 19.1 Å². The van der Waals surface area contributed by atoms with Crippen molar-refractivity contribution in [3.8, 4) is 11.5 Å². The molecule has 1 atom stereocenters. The number of hydrogen-bond acceptors (Lipinski definition) is 6. The van der Waals surface area contributed by atoms with Crippen LogP contribution in [0.5, 0.6) is 11.5 Å². The number of nitrogens with one attached hydrogen (secondary N) is 2. The van der Waals surface area contributed by atoms with Gasteiger partial charge in [0, 0.05) is 17.3 Å². The molecule has 2 aromatic carbocycles. The van der Waals surface area contributed by atoms with Crippen molar-refractivity contribution in [2.24, 2.45) is 5.41 Å². The van der Waals surface area contributed by atoms with Gasteiger partial charge < -0.3 is 20.5 Å². The lowest BCUT2D eigenvalue weighted by Gasteiger charge is -2.34. The van der Waals surface area contributed by atoms with Crippen molar-refractivity contribution in [2.75, 3.05) is 16.4 Å². The maximum atomic E-state index is 15.5. The summed E-state index contributed by atoms with van der Waals surface area (Å²) in [6.45, 7) is 8.86. The van der Waals surface area contributed by atoms with Gasteiger partial charge in [0.05, 0.1) is 22.4 Å². The van der Waals surface area contributed by atoms with E-state index in [1.807, 2.05) is 13.8 Å². The molecule has 9 heteroatoms. The number of benzene rings is 2. The van der Waals surface area contributed by atoms with Crippen LogP contribution in [0.25, 0.3) is 0 Å². The number of fused-ring (bicyclic) bond motifs is 1. The predicted molar refractivity (Wildman–Crippen MR) is 137 cm³/mol. The Morgan fingerprint density at radius 2 is 2.03 bits per heavy atom. The van der Waals surface area contributed by atoms with Crippen LogP contribution >= 0.6 is 0 Å². The minimum absolute atomic E-state index is 0.0239. The Kier molecular flexibility index (Phi) is 6.70. The third-order valence-corrected chi connectivity index (χ3v) is 8.31. The first kappa shape index (κ1) is 25.5. The van der Waals surface area contributed by atoms with Gasteiger partial charge in [-0.15, -0.1) is 0 Å². The third-order valence-electron chi connectivity index (χ3n) is 5.99. The summed E-state index contributed by atoms with van der Waals surface area (Å²) in [6.07, 6.45) is 4.25. The molecule has 0 saturated carbocycles. The molecular formula is C27H28F2N2O4S. The van der Waals surface area contributed by atoms with E-state index in [1.165, 1.54) is 36.4 Å². The molecule has 2 aliphatic rings. The minimum atomic E-state index is -3.81. The molecule has 1 unspecified atom stereocenters. The minimum Gasteiger partial charge on any atom is -0.506 e. The van der Waals surface area contributed by atoms with Crippen LogP contribution in [-0.2, 0) is 9.84 Å². The van der Waals surface area contributed by atoms with Crippen LogP contribution in [0.3, 0.4) is 0 Å². The highest BCUT2D eigenvalue weighted by Crippen LogP contribution is 2.48. The summed E-state index contributed by atoms with van der Waals surface area (Å²) in [5.41, 5.74) is 0.641. The van der Waals surface area contributed by atoms with Gasteiger partial charge in [-0.3, -0.25) is 0 Å². The molecule has 0 spiro atoms. The normalized spacial score (nSPS) is 20.9. The summed E-state index contributed by atoms with van der Waals surface area (Å²) in [4.78, 5) is 0.0239. The zero-order valence-corrected chi connectivity index (χ0v) is 21.0. The van der Waals surface area contributed by atoms with Gasteiger partial charge in [-0.05, 0) is 55.2 Å². The van der Waals surface area contributed by atoms with Crippen LogP contribution in [0, 0.1) is 11.2 Å². The number of ether oxygens (including phenoxy) is 1. The molecule has 190 valence electrons. The topological polar surface area (TPSA) is 87.7 Å². The average Bonchev–Trinajstić information content (AvgIpc) is 2.94. The first-order valence-corrected chi connectivity index (χ1v) is 13.0. The maximum absolute atomic E-state index is 15.5. The van der Waals surface area contributed by atoms with Crippen molar-refractivity contribution in [1.29, 1.82) is 0 Å². The first-order chi connectivity index (χ1) is 17.0. The van der Waals surface area contributed by atoms with E-state index in [-0.39, 0.29) is 33.5 Å². The molecule has 2 heterocycles. The summed E-state index contributed by atoms with van der Waals surface area (Å²) in [5, 5.41) is 16.7. The Labute approximate surface area is 209 Å². The highest BCUT2D eigenvalue weighted by Gasteiger charge is 2.43. The van der Waals surface area contributed by atoms with Crippen LogP contribution < -0.4 is 15.4 Å². The number of phenols is 1. The number of aromatic hydroxyl groups is 1. The van der Waals surface area contributed by atoms with Crippen LogP contribution in [0.15, 0.2) is 83.4 Å². The van der Waals surface area contributed by atoms with E-state index < -0.39 is 32.9 Å². The quantitative estimate of drug-likeness (QED) is 0.240. The first-order valence-electron chi connectivity index (χ1n) is 11.4. The molecular weight excluding hydrogens is 486 g/mol. The second kappa shape index (κ2) is 9.46. The fourth-order valence-electron chi connectivity index (χ4n) is 4.59. The SMILES string of the molecule is C=C/C(Oc1ccc(C2Nc3cccc(O)c3NC3=C2S(=O)(=O)CC(C)(C)C3)c(F)c1)=C(F)\C=C/C. The molecule has 3 N–H and O–H groups in total. The van der Waals surface area contributed by atoms with Gasteiger partial charge in [0.2, 0.25) is 0 Å². The molecule has 0 radical (unpaired) electrons. The molecule has 0 fully saturated rings. The van der Waals surface area contributed by atoms with Crippen molar-refractivity contribution in [1.82, 2.24) is 0 Å². The summed E-state index contributed by atoms with van der Waals surface area (Å²) < 4.78 is 62.2. The number of hydrogen-bond donors (Lipinski definition) is 3. The Morgan fingerprint density at radius 1 is 1.28 bits per heavy atom. The Bertz CT molecular complexity index is 1430. The van der Waals surface area contributed by atoms with Gasteiger partial charge >= 0.3 is 0 Å². The van der Waals surface area contributed by atoms with E-state index in [0.29, 0.717) is 23.5 Å². The van der Waals surface area contributed by atoms with Crippen molar-refractivity contribution in [3.05, 3.63) is 94.8 Å². The van der Waals surface area contributed by atoms with Gasteiger partial charge in [0.15, 0.2) is 21.4 Å². The van der Waals surface area contributed by atoms with E-state index >= 15 is 4.39 Å². The fraction of sp³-hybridized carbons (Fsp3) is 0.259. The molecule has 0 bridgehead atoms. The molecule has 6 nitrogen and oxygen atoms in total. The van der Waals surface area contributed by atoms with Gasteiger partial charge in [-0.1, -0.05) is 32.6 Å². The molecule has 2 aromatic rings. The number of halogens is 2. The maximum Gasteiger partial charge on any atom is 0.179 e. The Morgan fingerprint density at radius 3 is 2.69 bits per heavy atom. The van der Waals surface area contributed by atoms with Gasteiger partial charge in [-0.2, -0.15) is 0 Å². The van der Waals surface area contributed by atoms with Crippen LogP contribution in [0.4, 0.5) is 20.2 Å². The molecule has 36 heavy (non-hydrogen) atoms. The predicted octanol–water partition coefficient (Wildman–Crippen LogP) is 6.49. The lowest BCUT2D eigenvalue weighted by Crippen LogP contribution is -2.35. The van der Waals surface area contributed by atoms with E-state index in [4.69, 9.17) is 4.74 Å². The lowest BCUT2D eigenvalue weighted by atomic mass is 9.88. The highest BCUT2D eigenvalue weighted by molar-refractivity contribution is 7.95. The number of sulfone groups is 1. The largest absolute Gasteiger partial charge is 0.506 e. The molecule has 0 aromatic heterocycles. The number of allylic oxidation sites excluding steroid dienone is 5. The summed E-state index contributed by atoms with van der Waals surface area (Å²) in [6, 6.07) is 7.62. The zero-order valence-electron chi connectivity index (χ0n) is 20.2. The standard InChI is InChI=1S/C27H28F2N2O4S/c1-5-8-18(28)23(6-2)35-16-11-12-17(19(29)13-16)24-26-21(14-27(3,4)15-36(26,33)34)31-25-20(30-24)9-7-10-22(25)32/h5-13,24,30-32H,2,14-15H2,1,3-4H3/b8-5-,23-18-. The number of anilines is 2. The monoisotopic (exact) mass is 514 g/mol. The summed E-state index contributed by atoms with van der Waals surface area (Å²) in [7, 11) is -3.81. The highest BCUT2D eigenvalue weighted by atomic mass is 32.2. The zero-order chi connectivity index (χ0) is 26.3. The van der Waals surface area contributed by atoms with Crippen LogP contribution in [0.2, 0.25) is 0 Å².